The second-order valence-electron chi connectivity index (χ2n) is 5.08. The van der Waals surface area contributed by atoms with Gasteiger partial charge in [-0.25, -0.2) is 0 Å². The number of nitro benzene ring substituents is 1. The lowest BCUT2D eigenvalue weighted by Gasteiger charge is -2.09. The van der Waals surface area contributed by atoms with Gasteiger partial charge in [0, 0.05) is 11.6 Å². The van der Waals surface area contributed by atoms with E-state index in [1.54, 1.807) is 6.07 Å². The molecule has 0 heterocycles. The summed E-state index contributed by atoms with van der Waals surface area (Å²) in [6.45, 7) is 0.307. The first-order valence-corrected chi connectivity index (χ1v) is 7.61. The Labute approximate surface area is 131 Å². The van der Waals surface area contributed by atoms with Crippen LogP contribution < -0.4 is 4.74 Å². The number of hydrogen-bond acceptors (Lipinski definition) is 3. The van der Waals surface area contributed by atoms with E-state index in [1.807, 2.05) is 12.1 Å². The third-order valence-corrected chi connectivity index (χ3v) is 4.63. The number of hydrogen-bond donors (Lipinski definition) is 0. The second-order valence-corrected chi connectivity index (χ2v) is 5.87. The fraction of sp³-hybridized carbons (Fsp3) is 0.250. The fourth-order valence-corrected chi connectivity index (χ4v) is 3.14. The number of halogens is 1. The highest BCUT2D eigenvalue weighted by Gasteiger charge is 2.15. The molecule has 108 valence electrons. The highest BCUT2D eigenvalue weighted by Crippen LogP contribution is 2.30. The van der Waals surface area contributed by atoms with Crippen molar-refractivity contribution in [3.8, 4) is 5.75 Å². The molecule has 0 radical (unpaired) electrons. The number of fused-ring (bicyclic) bond motifs is 1. The molecule has 0 aliphatic heterocycles. The number of ether oxygens (including phenoxy) is 1. The van der Waals surface area contributed by atoms with Crippen molar-refractivity contribution in [1.29, 1.82) is 0 Å². The maximum atomic E-state index is 10.9. The lowest BCUT2D eigenvalue weighted by molar-refractivity contribution is -0.385. The zero-order chi connectivity index (χ0) is 14.8. The van der Waals surface area contributed by atoms with Gasteiger partial charge in [-0.3, -0.25) is 10.1 Å². The molecular formula is C16H14BrNO3. The molecule has 21 heavy (non-hydrogen) atoms. The van der Waals surface area contributed by atoms with Gasteiger partial charge >= 0.3 is 0 Å². The van der Waals surface area contributed by atoms with Crippen LogP contribution in [0, 0.1) is 10.1 Å². The summed E-state index contributed by atoms with van der Waals surface area (Å²) in [6.07, 6.45) is 3.45. The molecule has 1 aliphatic rings. The minimum atomic E-state index is -0.400. The van der Waals surface area contributed by atoms with Crippen molar-refractivity contribution in [2.45, 2.75) is 25.9 Å². The quantitative estimate of drug-likeness (QED) is 0.607. The van der Waals surface area contributed by atoms with E-state index in [2.05, 4.69) is 28.1 Å². The molecule has 2 aromatic rings. The zero-order valence-corrected chi connectivity index (χ0v) is 12.9. The van der Waals surface area contributed by atoms with E-state index in [-0.39, 0.29) is 5.69 Å². The van der Waals surface area contributed by atoms with Crippen LogP contribution in [0.15, 0.2) is 40.9 Å². The van der Waals surface area contributed by atoms with Crippen molar-refractivity contribution in [3.63, 3.8) is 0 Å². The van der Waals surface area contributed by atoms with Crippen LogP contribution in [0.25, 0.3) is 0 Å². The molecule has 0 spiro atoms. The minimum absolute atomic E-state index is 0.0602. The van der Waals surface area contributed by atoms with E-state index in [4.69, 9.17) is 4.74 Å². The summed E-state index contributed by atoms with van der Waals surface area (Å²) in [5.41, 5.74) is 3.58. The van der Waals surface area contributed by atoms with Gasteiger partial charge in [0.25, 0.3) is 5.69 Å². The summed E-state index contributed by atoms with van der Waals surface area (Å²) < 4.78 is 6.26. The molecule has 0 saturated carbocycles. The SMILES string of the molecule is O=[N+]([O-])c1cccc(COc2ccc3c(c2)CCC3)c1Br. The molecule has 4 nitrogen and oxygen atoms in total. The number of benzene rings is 2. The van der Waals surface area contributed by atoms with Crippen LogP contribution >= 0.6 is 15.9 Å². The molecule has 5 heteroatoms. The van der Waals surface area contributed by atoms with Crippen molar-refractivity contribution >= 4 is 21.6 Å². The molecule has 0 amide bonds. The molecular weight excluding hydrogens is 334 g/mol. The Morgan fingerprint density at radius 2 is 2.00 bits per heavy atom. The summed E-state index contributed by atoms with van der Waals surface area (Å²) in [7, 11) is 0. The molecule has 2 aromatic carbocycles. The van der Waals surface area contributed by atoms with Gasteiger partial charge in [-0.1, -0.05) is 18.2 Å². The Hall–Kier alpha value is -1.88. The van der Waals surface area contributed by atoms with Gasteiger partial charge in [0.15, 0.2) is 0 Å². The Morgan fingerprint density at radius 3 is 2.81 bits per heavy atom. The maximum Gasteiger partial charge on any atom is 0.283 e. The lowest BCUT2D eigenvalue weighted by Crippen LogP contribution is -1.99. The average Bonchev–Trinajstić information content (AvgIpc) is 2.93. The van der Waals surface area contributed by atoms with Gasteiger partial charge in [0.05, 0.1) is 4.92 Å². The Bertz CT molecular complexity index is 700. The first-order valence-electron chi connectivity index (χ1n) is 6.81. The molecule has 0 N–H and O–H groups in total. The molecule has 0 atom stereocenters. The topological polar surface area (TPSA) is 52.4 Å². The van der Waals surface area contributed by atoms with Gasteiger partial charge in [0.1, 0.15) is 16.8 Å². The molecule has 0 aromatic heterocycles. The van der Waals surface area contributed by atoms with E-state index in [0.29, 0.717) is 11.1 Å². The Balaban J connectivity index is 1.76. The van der Waals surface area contributed by atoms with Gasteiger partial charge in [-0.15, -0.1) is 0 Å². The van der Waals surface area contributed by atoms with Crippen LogP contribution in [0.1, 0.15) is 23.1 Å². The van der Waals surface area contributed by atoms with Crippen LogP contribution in [0.2, 0.25) is 0 Å². The van der Waals surface area contributed by atoms with E-state index >= 15 is 0 Å². The van der Waals surface area contributed by atoms with Gasteiger partial charge in [-0.2, -0.15) is 0 Å². The van der Waals surface area contributed by atoms with Crippen molar-refractivity contribution in [2.75, 3.05) is 0 Å². The third kappa shape index (κ3) is 2.93. The van der Waals surface area contributed by atoms with Crippen molar-refractivity contribution in [3.05, 3.63) is 67.7 Å². The van der Waals surface area contributed by atoms with E-state index in [1.165, 1.54) is 23.6 Å². The Morgan fingerprint density at radius 1 is 1.19 bits per heavy atom. The van der Waals surface area contributed by atoms with Crippen molar-refractivity contribution in [2.24, 2.45) is 0 Å². The van der Waals surface area contributed by atoms with Gasteiger partial charge in [0.2, 0.25) is 0 Å². The number of rotatable bonds is 4. The van der Waals surface area contributed by atoms with Gasteiger partial charge in [-0.05, 0) is 58.5 Å². The smallest absolute Gasteiger partial charge is 0.283 e. The Kier molecular flexibility index (Phi) is 3.92. The molecule has 1 aliphatic carbocycles. The molecule has 0 unspecified atom stereocenters. The zero-order valence-electron chi connectivity index (χ0n) is 11.3. The monoisotopic (exact) mass is 347 g/mol. The second kappa shape index (κ2) is 5.85. The summed E-state index contributed by atoms with van der Waals surface area (Å²) in [4.78, 5) is 10.5. The summed E-state index contributed by atoms with van der Waals surface area (Å²) >= 11 is 3.28. The predicted octanol–water partition coefficient (Wildman–Crippen LogP) is 4.43. The number of nitrogens with zero attached hydrogens (tertiary/aromatic N) is 1. The van der Waals surface area contributed by atoms with Crippen molar-refractivity contribution < 1.29 is 9.66 Å². The van der Waals surface area contributed by atoms with E-state index < -0.39 is 4.92 Å². The maximum absolute atomic E-state index is 10.9. The highest BCUT2D eigenvalue weighted by molar-refractivity contribution is 9.10. The van der Waals surface area contributed by atoms with Crippen LogP contribution in [0.3, 0.4) is 0 Å². The third-order valence-electron chi connectivity index (χ3n) is 3.72. The van der Waals surface area contributed by atoms with Crippen LogP contribution in [-0.4, -0.2) is 4.92 Å². The summed E-state index contributed by atoms with van der Waals surface area (Å²) in [5.74, 6) is 0.814. The molecule has 0 bridgehead atoms. The van der Waals surface area contributed by atoms with Crippen LogP contribution in [-0.2, 0) is 19.4 Å². The number of aryl methyl sites for hydroxylation is 2. The molecule has 3 rings (SSSR count). The minimum Gasteiger partial charge on any atom is -0.489 e. The van der Waals surface area contributed by atoms with E-state index in [9.17, 15) is 10.1 Å². The standard InChI is InChI=1S/C16H14BrNO3/c17-16-13(5-2-6-15(16)18(19)20)10-21-14-8-7-11-3-1-4-12(11)9-14/h2,5-9H,1,3-4,10H2. The molecule has 0 saturated heterocycles. The first kappa shape index (κ1) is 14.1. The molecule has 0 fully saturated rings. The predicted molar refractivity (Wildman–Crippen MR) is 83.6 cm³/mol. The number of nitro groups is 1. The largest absolute Gasteiger partial charge is 0.489 e. The lowest BCUT2D eigenvalue weighted by atomic mass is 10.1. The fourth-order valence-electron chi connectivity index (χ4n) is 2.62. The van der Waals surface area contributed by atoms with Gasteiger partial charge < -0.3 is 4.74 Å². The summed E-state index contributed by atoms with van der Waals surface area (Å²) in [6, 6.07) is 11.1. The first-order chi connectivity index (χ1) is 10.1. The summed E-state index contributed by atoms with van der Waals surface area (Å²) in [5, 5.41) is 10.9. The normalized spacial score (nSPS) is 13.0. The van der Waals surface area contributed by atoms with E-state index in [0.717, 1.165) is 24.2 Å². The van der Waals surface area contributed by atoms with Crippen molar-refractivity contribution in [1.82, 2.24) is 0 Å². The average molecular weight is 348 g/mol. The van der Waals surface area contributed by atoms with Crippen LogP contribution in [0.5, 0.6) is 5.75 Å². The highest BCUT2D eigenvalue weighted by atomic mass is 79.9. The van der Waals surface area contributed by atoms with Crippen LogP contribution in [0.4, 0.5) is 5.69 Å².